The van der Waals surface area contributed by atoms with Crippen molar-refractivity contribution < 1.29 is 9.53 Å². The molecule has 0 aromatic heterocycles. The Morgan fingerprint density at radius 2 is 1.82 bits per heavy atom. The molecular weight excluding hydrogens is 212 g/mol. The lowest BCUT2D eigenvalue weighted by molar-refractivity contribution is -0.149. The molecule has 0 spiro atoms. The summed E-state index contributed by atoms with van der Waals surface area (Å²) in [6.07, 6.45) is 9.81. The molecule has 1 aliphatic carbocycles. The van der Waals surface area contributed by atoms with E-state index >= 15 is 0 Å². The summed E-state index contributed by atoms with van der Waals surface area (Å²) in [6.45, 7) is 7.56. The maximum Gasteiger partial charge on any atom is 0.333 e. The van der Waals surface area contributed by atoms with E-state index in [0.29, 0.717) is 0 Å². The average Bonchev–Trinajstić information content (AvgIpc) is 2.25. The van der Waals surface area contributed by atoms with Crippen LogP contribution in [0.25, 0.3) is 0 Å². The summed E-state index contributed by atoms with van der Waals surface area (Å²) >= 11 is 0. The highest BCUT2D eigenvalue weighted by Gasteiger charge is 2.18. The van der Waals surface area contributed by atoms with Gasteiger partial charge in [0.15, 0.2) is 0 Å². The number of carbonyl (C=O) groups is 1. The third-order valence-electron chi connectivity index (χ3n) is 3.20. The van der Waals surface area contributed by atoms with Crippen molar-refractivity contribution in [1.29, 1.82) is 0 Å². The third kappa shape index (κ3) is 5.90. The van der Waals surface area contributed by atoms with Crippen LogP contribution in [0, 0.1) is 5.92 Å². The molecular formula is C15H26O2. The Hall–Kier alpha value is -0.790. The monoisotopic (exact) mass is 238 g/mol. The van der Waals surface area contributed by atoms with Crippen LogP contribution in [-0.4, -0.2) is 11.6 Å². The van der Waals surface area contributed by atoms with Crippen LogP contribution in [0.2, 0.25) is 0 Å². The minimum Gasteiger partial charge on any atom is -0.457 e. The van der Waals surface area contributed by atoms with E-state index in [1.807, 2.05) is 27.7 Å². The van der Waals surface area contributed by atoms with E-state index in [1.54, 1.807) is 0 Å². The minimum atomic E-state index is -0.392. The van der Waals surface area contributed by atoms with Gasteiger partial charge >= 0.3 is 5.97 Å². The Bertz CT molecular complexity index is 278. The lowest BCUT2D eigenvalue weighted by Crippen LogP contribution is -2.24. The molecule has 0 aliphatic heterocycles. The van der Waals surface area contributed by atoms with Crippen LogP contribution >= 0.6 is 0 Å². The summed E-state index contributed by atoms with van der Waals surface area (Å²) in [5.41, 5.74) is 0.363. The van der Waals surface area contributed by atoms with Gasteiger partial charge in [-0.05, 0) is 40.0 Å². The van der Waals surface area contributed by atoms with Gasteiger partial charge in [0.05, 0.1) is 0 Å². The number of carbonyl (C=O) groups excluding carboxylic acids is 1. The number of ether oxygens (including phenoxy) is 1. The van der Waals surface area contributed by atoms with Gasteiger partial charge < -0.3 is 4.74 Å². The second kappa shape index (κ2) is 6.23. The number of hydrogen-bond acceptors (Lipinski definition) is 2. The molecule has 0 bridgehead atoms. The maximum absolute atomic E-state index is 11.7. The van der Waals surface area contributed by atoms with Crippen molar-refractivity contribution >= 4 is 5.97 Å². The first-order valence-corrected chi connectivity index (χ1v) is 6.78. The van der Waals surface area contributed by atoms with E-state index in [2.05, 4.69) is 6.08 Å². The standard InChI is InChI=1S/C15H26O2/c1-12(14(16)17-15(2,3)4)10-11-13-8-6-5-7-9-13/h10,13H,5-9,11H2,1-4H3/b12-10+. The highest BCUT2D eigenvalue weighted by molar-refractivity contribution is 5.87. The molecule has 2 nitrogen and oxygen atoms in total. The van der Waals surface area contributed by atoms with E-state index in [0.717, 1.165) is 17.9 Å². The van der Waals surface area contributed by atoms with Gasteiger partial charge in [-0.1, -0.05) is 38.2 Å². The van der Waals surface area contributed by atoms with Crippen molar-refractivity contribution in [2.24, 2.45) is 5.92 Å². The van der Waals surface area contributed by atoms with Crippen molar-refractivity contribution in [3.63, 3.8) is 0 Å². The fourth-order valence-electron chi connectivity index (χ4n) is 2.21. The molecule has 0 unspecified atom stereocenters. The first-order valence-electron chi connectivity index (χ1n) is 6.78. The largest absolute Gasteiger partial charge is 0.457 e. The van der Waals surface area contributed by atoms with Crippen LogP contribution in [-0.2, 0) is 9.53 Å². The van der Waals surface area contributed by atoms with Crippen LogP contribution in [0.5, 0.6) is 0 Å². The van der Waals surface area contributed by atoms with Gasteiger partial charge in [0.25, 0.3) is 0 Å². The van der Waals surface area contributed by atoms with Gasteiger partial charge in [0.1, 0.15) is 5.60 Å². The van der Waals surface area contributed by atoms with Crippen molar-refractivity contribution in [3.8, 4) is 0 Å². The van der Waals surface area contributed by atoms with Crippen molar-refractivity contribution in [1.82, 2.24) is 0 Å². The zero-order valence-electron chi connectivity index (χ0n) is 11.7. The maximum atomic E-state index is 11.7. The Morgan fingerprint density at radius 3 is 2.35 bits per heavy atom. The second-order valence-corrected chi connectivity index (χ2v) is 6.13. The zero-order valence-corrected chi connectivity index (χ0v) is 11.7. The highest BCUT2D eigenvalue weighted by atomic mass is 16.6. The Balaban J connectivity index is 2.39. The van der Waals surface area contributed by atoms with Gasteiger partial charge in [-0.2, -0.15) is 0 Å². The molecule has 0 amide bonds. The van der Waals surface area contributed by atoms with E-state index in [-0.39, 0.29) is 5.97 Å². The summed E-state index contributed by atoms with van der Waals surface area (Å²) in [5, 5.41) is 0. The second-order valence-electron chi connectivity index (χ2n) is 6.13. The van der Waals surface area contributed by atoms with Gasteiger partial charge in [-0.15, -0.1) is 0 Å². The highest BCUT2D eigenvalue weighted by Crippen LogP contribution is 2.27. The van der Waals surface area contributed by atoms with Gasteiger partial charge in [-0.3, -0.25) is 0 Å². The molecule has 1 fully saturated rings. The fraction of sp³-hybridized carbons (Fsp3) is 0.800. The number of rotatable bonds is 3. The number of allylic oxidation sites excluding steroid dienone is 1. The molecule has 0 saturated heterocycles. The van der Waals surface area contributed by atoms with Crippen LogP contribution in [0.15, 0.2) is 11.6 Å². The molecule has 1 aliphatic rings. The summed E-state index contributed by atoms with van der Waals surface area (Å²) in [7, 11) is 0. The minimum absolute atomic E-state index is 0.173. The first kappa shape index (κ1) is 14.3. The molecule has 1 rings (SSSR count). The van der Waals surface area contributed by atoms with Crippen LogP contribution in [0.4, 0.5) is 0 Å². The Labute approximate surface area is 105 Å². The predicted molar refractivity (Wildman–Crippen MR) is 70.8 cm³/mol. The number of hydrogen-bond donors (Lipinski definition) is 0. The quantitative estimate of drug-likeness (QED) is 0.543. The van der Waals surface area contributed by atoms with E-state index in [4.69, 9.17) is 4.74 Å². The summed E-state index contributed by atoms with van der Waals surface area (Å²) < 4.78 is 5.33. The summed E-state index contributed by atoms with van der Waals surface area (Å²) in [4.78, 5) is 11.7. The molecule has 0 aromatic carbocycles. The van der Waals surface area contributed by atoms with E-state index in [1.165, 1.54) is 32.1 Å². The predicted octanol–water partition coefficient (Wildman–Crippen LogP) is 4.24. The van der Waals surface area contributed by atoms with Crippen molar-refractivity contribution in [2.75, 3.05) is 0 Å². The average molecular weight is 238 g/mol. The Morgan fingerprint density at radius 1 is 1.24 bits per heavy atom. The summed E-state index contributed by atoms with van der Waals surface area (Å²) in [5.74, 6) is 0.606. The van der Waals surface area contributed by atoms with E-state index in [9.17, 15) is 4.79 Å². The van der Waals surface area contributed by atoms with Gasteiger partial charge in [-0.25, -0.2) is 4.79 Å². The van der Waals surface area contributed by atoms with Crippen LogP contribution < -0.4 is 0 Å². The fourth-order valence-corrected chi connectivity index (χ4v) is 2.21. The van der Waals surface area contributed by atoms with E-state index < -0.39 is 5.60 Å². The Kier molecular flexibility index (Phi) is 5.23. The van der Waals surface area contributed by atoms with Crippen LogP contribution in [0.3, 0.4) is 0 Å². The molecule has 0 N–H and O–H groups in total. The molecule has 0 radical (unpaired) electrons. The number of esters is 1. The third-order valence-corrected chi connectivity index (χ3v) is 3.20. The molecule has 0 aromatic rings. The first-order chi connectivity index (χ1) is 7.88. The topological polar surface area (TPSA) is 26.3 Å². The van der Waals surface area contributed by atoms with Crippen LogP contribution in [0.1, 0.15) is 66.2 Å². The van der Waals surface area contributed by atoms with Crippen molar-refractivity contribution in [3.05, 3.63) is 11.6 Å². The van der Waals surface area contributed by atoms with Gasteiger partial charge in [0, 0.05) is 5.57 Å². The molecule has 0 atom stereocenters. The molecule has 1 saturated carbocycles. The molecule has 2 heteroatoms. The molecule has 98 valence electrons. The molecule has 17 heavy (non-hydrogen) atoms. The van der Waals surface area contributed by atoms with Crippen molar-refractivity contribution in [2.45, 2.75) is 71.8 Å². The lowest BCUT2D eigenvalue weighted by atomic mass is 9.86. The summed E-state index contributed by atoms with van der Waals surface area (Å²) in [6, 6.07) is 0. The smallest absolute Gasteiger partial charge is 0.333 e. The SMILES string of the molecule is C/C(=C\CC1CCCCC1)C(=O)OC(C)(C)C. The lowest BCUT2D eigenvalue weighted by Gasteiger charge is -2.21. The van der Waals surface area contributed by atoms with Gasteiger partial charge in [0.2, 0.25) is 0 Å². The normalized spacial score (nSPS) is 19.2. The zero-order chi connectivity index (χ0) is 12.9. The molecule has 0 heterocycles.